The first-order valence-corrected chi connectivity index (χ1v) is 6.96. The highest BCUT2D eigenvalue weighted by molar-refractivity contribution is 6.30. The van der Waals surface area contributed by atoms with E-state index in [1.807, 2.05) is 25.1 Å². The fourth-order valence-electron chi connectivity index (χ4n) is 1.84. The third-order valence-electron chi connectivity index (χ3n) is 3.03. The second kappa shape index (κ2) is 6.83. The van der Waals surface area contributed by atoms with E-state index in [1.54, 1.807) is 13.2 Å². The Bertz CT molecular complexity index is 456. The standard InChI is InChI=1S/C15H20ClNO2/c1-3-4-7-19-15-11(10-17-13-5-6-13)8-12(16)9-14(15)18-2/h3-4,8-9,13,17H,5-7,10H2,1-2H3/b4-3+. The molecule has 4 heteroatoms. The molecule has 1 N–H and O–H groups in total. The van der Waals surface area contributed by atoms with Crippen LogP contribution in [0, 0.1) is 0 Å². The molecular weight excluding hydrogens is 262 g/mol. The minimum absolute atomic E-state index is 0.533. The van der Waals surface area contributed by atoms with Crippen molar-refractivity contribution in [2.24, 2.45) is 0 Å². The van der Waals surface area contributed by atoms with Gasteiger partial charge in [0.1, 0.15) is 6.61 Å². The molecule has 1 aliphatic rings. The van der Waals surface area contributed by atoms with Crippen molar-refractivity contribution in [2.45, 2.75) is 32.4 Å². The van der Waals surface area contributed by atoms with E-state index < -0.39 is 0 Å². The van der Waals surface area contributed by atoms with Crippen LogP contribution < -0.4 is 14.8 Å². The molecule has 0 spiro atoms. The van der Waals surface area contributed by atoms with Gasteiger partial charge in [0.15, 0.2) is 11.5 Å². The topological polar surface area (TPSA) is 30.5 Å². The predicted molar refractivity (Wildman–Crippen MR) is 78.2 cm³/mol. The second-order valence-electron chi connectivity index (χ2n) is 4.63. The van der Waals surface area contributed by atoms with Gasteiger partial charge in [-0.05, 0) is 25.8 Å². The molecular formula is C15H20ClNO2. The Morgan fingerprint density at radius 1 is 1.42 bits per heavy atom. The number of rotatable bonds is 7. The Morgan fingerprint density at radius 2 is 2.21 bits per heavy atom. The minimum Gasteiger partial charge on any atom is -0.493 e. The Balaban J connectivity index is 2.17. The van der Waals surface area contributed by atoms with E-state index in [2.05, 4.69) is 5.32 Å². The lowest BCUT2D eigenvalue weighted by atomic mass is 10.1. The molecule has 0 aromatic heterocycles. The second-order valence-corrected chi connectivity index (χ2v) is 5.07. The monoisotopic (exact) mass is 281 g/mol. The van der Waals surface area contributed by atoms with Crippen LogP contribution in [0.2, 0.25) is 5.02 Å². The van der Waals surface area contributed by atoms with Crippen molar-refractivity contribution in [3.63, 3.8) is 0 Å². The molecule has 3 nitrogen and oxygen atoms in total. The van der Waals surface area contributed by atoms with Gasteiger partial charge in [-0.25, -0.2) is 0 Å². The zero-order chi connectivity index (χ0) is 13.7. The molecule has 0 amide bonds. The lowest BCUT2D eigenvalue weighted by molar-refractivity contribution is 0.322. The molecule has 104 valence electrons. The van der Waals surface area contributed by atoms with Crippen LogP contribution in [0.25, 0.3) is 0 Å². The van der Waals surface area contributed by atoms with E-state index in [0.717, 1.165) is 17.9 Å². The van der Waals surface area contributed by atoms with E-state index in [1.165, 1.54) is 12.8 Å². The smallest absolute Gasteiger partial charge is 0.166 e. The molecule has 0 saturated heterocycles. The molecule has 1 fully saturated rings. The summed E-state index contributed by atoms with van der Waals surface area (Å²) in [6, 6.07) is 4.37. The van der Waals surface area contributed by atoms with Crippen LogP contribution in [0.4, 0.5) is 0 Å². The fourth-order valence-corrected chi connectivity index (χ4v) is 2.07. The zero-order valence-corrected chi connectivity index (χ0v) is 12.2. The number of hydrogen-bond donors (Lipinski definition) is 1. The summed E-state index contributed by atoms with van der Waals surface area (Å²) >= 11 is 6.12. The first-order valence-electron chi connectivity index (χ1n) is 6.58. The molecule has 1 saturated carbocycles. The molecule has 1 aliphatic carbocycles. The fraction of sp³-hybridized carbons (Fsp3) is 0.467. The summed E-state index contributed by atoms with van der Waals surface area (Å²) in [6.07, 6.45) is 6.44. The summed E-state index contributed by atoms with van der Waals surface area (Å²) < 4.78 is 11.2. The van der Waals surface area contributed by atoms with Crippen molar-refractivity contribution in [2.75, 3.05) is 13.7 Å². The largest absolute Gasteiger partial charge is 0.493 e. The molecule has 0 atom stereocenters. The van der Waals surface area contributed by atoms with Gasteiger partial charge in [0, 0.05) is 29.2 Å². The van der Waals surface area contributed by atoms with Crippen LogP contribution in [-0.2, 0) is 6.54 Å². The van der Waals surface area contributed by atoms with Gasteiger partial charge in [-0.15, -0.1) is 0 Å². The van der Waals surface area contributed by atoms with E-state index in [0.29, 0.717) is 23.4 Å². The number of hydrogen-bond acceptors (Lipinski definition) is 3. The predicted octanol–water partition coefficient (Wildman–Crippen LogP) is 3.56. The van der Waals surface area contributed by atoms with Gasteiger partial charge in [-0.1, -0.05) is 23.8 Å². The Hall–Kier alpha value is -1.19. The van der Waals surface area contributed by atoms with Gasteiger partial charge in [0.2, 0.25) is 0 Å². The maximum atomic E-state index is 6.12. The van der Waals surface area contributed by atoms with E-state index >= 15 is 0 Å². The van der Waals surface area contributed by atoms with E-state index in [-0.39, 0.29) is 0 Å². The van der Waals surface area contributed by atoms with Gasteiger partial charge >= 0.3 is 0 Å². The third-order valence-corrected chi connectivity index (χ3v) is 3.25. The van der Waals surface area contributed by atoms with Crippen molar-refractivity contribution < 1.29 is 9.47 Å². The van der Waals surface area contributed by atoms with Crippen LogP contribution in [0.5, 0.6) is 11.5 Å². The molecule has 0 unspecified atom stereocenters. The molecule has 19 heavy (non-hydrogen) atoms. The Morgan fingerprint density at radius 3 is 2.84 bits per heavy atom. The first kappa shape index (κ1) is 14.2. The number of allylic oxidation sites excluding steroid dienone is 1. The van der Waals surface area contributed by atoms with Crippen LogP contribution in [-0.4, -0.2) is 19.8 Å². The average molecular weight is 282 g/mol. The van der Waals surface area contributed by atoms with Gasteiger partial charge < -0.3 is 14.8 Å². The van der Waals surface area contributed by atoms with Gasteiger partial charge in [-0.2, -0.15) is 0 Å². The Labute approximate surface area is 119 Å². The number of halogens is 1. The summed E-state index contributed by atoms with van der Waals surface area (Å²) in [4.78, 5) is 0. The number of benzene rings is 1. The maximum Gasteiger partial charge on any atom is 0.166 e. The van der Waals surface area contributed by atoms with Crippen LogP contribution >= 0.6 is 11.6 Å². The third kappa shape index (κ3) is 4.15. The summed E-state index contributed by atoms with van der Waals surface area (Å²) in [7, 11) is 1.63. The van der Waals surface area contributed by atoms with Crippen molar-refractivity contribution in [1.29, 1.82) is 0 Å². The minimum atomic E-state index is 0.533. The number of methoxy groups -OCH3 is 1. The molecule has 0 heterocycles. The van der Waals surface area contributed by atoms with Gasteiger partial charge in [-0.3, -0.25) is 0 Å². The summed E-state index contributed by atoms with van der Waals surface area (Å²) in [5.74, 6) is 1.46. The highest BCUT2D eigenvalue weighted by atomic mass is 35.5. The van der Waals surface area contributed by atoms with Crippen LogP contribution in [0.1, 0.15) is 25.3 Å². The SMILES string of the molecule is C/C=C/COc1c(CNC2CC2)cc(Cl)cc1OC. The number of ether oxygens (including phenoxy) is 2. The maximum absolute atomic E-state index is 6.12. The van der Waals surface area contributed by atoms with Gasteiger partial charge in [0.25, 0.3) is 0 Å². The molecule has 1 aromatic carbocycles. The summed E-state index contributed by atoms with van der Waals surface area (Å²) in [5, 5.41) is 4.14. The van der Waals surface area contributed by atoms with Crippen molar-refractivity contribution in [3.8, 4) is 11.5 Å². The highest BCUT2D eigenvalue weighted by Gasteiger charge is 2.21. The quantitative estimate of drug-likeness (QED) is 0.775. The van der Waals surface area contributed by atoms with Crippen molar-refractivity contribution in [1.82, 2.24) is 5.32 Å². The van der Waals surface area contributed by atoms with Crippen LogP contribution in [0.3, 0.4) is 0 Å². The normalized spacial score (nSPS) is 14.9. The first-order chi connectivity index (χ1) is 9.24. The van der Waals surface area contributed by atoms with E-state index in [4.69, 9.17) is 21.1 Å². The molecule has 2 rings (SSSR count). The molecule has 0 aliphatic heterocycles. The highest BCUT2D eigenvalue weighted by Crippen LogP contribution is 2.35. The molecule has 0 radical (unpaired) electrons. The lowest BCUT2D eigenvalue weighted by Gasteiger charge is -2.15. The number of nitrogens with one attached hydrogen (secondary N) is 1. The molecule has 0 bridgehead atoms. The Kier molecular flexibility index (Phi) is 5.11. The summed E-state index contributed by atoms with van der Waals surface area (Å²) in [5.41, 5.74) is 1.04. The van der Waals surface area contributed by atoms with E-state index in [9.17, 15) is 0 Å². The van der Waals surface area contributed by atoms with Crippen molar-refractivity contribution in [3.05, 3.63) is 34.9 Å². The van der Waals surface area contributed by atoms with Gasteiger partial charge in [0.05, 0.1) is 7.11 Å². The summed E-state index contributed by atoms with van der Waals surface area (Å²) in [6.45, 7) is 3.26. The lowest BCUT2D eigenvalue weighted by Crippen LogP contribution is -2.16. The van der Waals surface area contributed by atoms with Crippen molar-refractivity contribution >= 4 is 11.6 Å². The average Bonchev–Trinajstić information content (AvgIpc) is 3.22. The zero-order valence-electron chi connectivity index (χ0n) is 11.4. The molecule has 1 aromatic rings. The van der Waals surface area contributed by atoms with Crippen LogP contribution in [0.15, 0.2) is 24.3 Å².